The van der Waals surface area contributed by atoms with Gasteiger partial charge >= 0.3 is 0 Å². The van der Waals surface area contributed by atoms with Crippen molar-refractivity contribution in [2.24, 2.45) is 5.92 Å². The van der Waals surface area contributed by atoms with Gasteiger partial charge < -0.3 is 5.32 Å². The highest BCUT2D eigenvalue weighted by Crippen LogP contribution is 2.30. The lowest BCUT2D eigenvalue weighted by atomic mass is 9.92. The van der Waals surface area contributed by atoms with Gasteiger partial charge in [-0.15, -0.1) is 0 Å². The van der Waals surface area contributed by atoms with Gasteiger partial charge in [-0.2, -0.15) is 0 Å². The maximum Gasteiger partial charge on any atom is 0.145 e. The monoisotopic (exact) mass is 255 g/mol. The third-order valence-electron chi connectivity index (χ3n) is 3.81. The predicted molar refractivity (Wildman–Crippen MR) is 69.9 cm³/mol. The highest BCUT2D eigenvalue weighted by molar-refractivity contribution is 6.30. The van der Waals surface area contributed by atoms with Crippen molar-refractivity contribution in [1.29, 1.82) is 0 Å². The molecule has 3 heteroatoms. The number of nitrogens with one attached hydrogen (secondary N) is 1. The Labute approximate surface area is 107 Å². The van der Waals surface area contributed by atoms with E-state index in [0.29, 0.717) is 12.0 Å². The molecule has 94 valence electrons. The number of rotatable bonds is 4. The highest BCUT2D eigenvalue weighted by Gasteiger charge is 2.24. The molecule has 1 fully saturated rings. The van der Waals surface area contributed by atoms with E-state index in [4.69, 9.17) is 11.6 Å². The van der Waals surface area contributed by atoms with Crippen LogP contribution >= 0.6 is 11.6 Å². The molecule has 1 unspecified atom stereocenters. The maximum absolute atomic E-state index is 13.8. The summed E-state index contributed by atoms with van der Waals surface area (Å²) in [6, 6.07) is 5.62. The first-order valence-corrected chi connectivity index (χ1v) is 6.70. The first kappa shape index (κ1) is 12.8. The first-order chi connectivity index (χ1) is 8.22. The summed E-state index contributed by atoms with van der Waals surface area (Å²) in [4.78, 5) is 0. The van der Waals surface area contributed by atoms with Crippen LogP contribution in [0.2, 0.25) is 5.02 Å². The molecule has 1 aliphatic carbocycles. The van der Waals surface area contributed by atoms with Gasteiger partial charge in [-0.3, -0.25) is 0 Å². The van der Waals surface area contributed by atoms with Gasteiger partial charge in [-0.1, -0.05) is 36.6 Å². The molecule has 1 N–H and O–H groups in total. The Morgan fingerprint density at radius 1 is 1.41 bits per heavy atom. The van der Waals surface area contributed by atoms with Crippen molar-refractivity contribution >= 4 is 11.6 Å². The smallest absolute Gasteiger partial charge is 0.145 e. The second-order valence-corrected chi connectivity index (χ2v) is 5.26. The van der Waals surface area contributed by atoms with Crippen LogP contribution < -0.4 is 5.32 Å². The quantitative estimate of drug-likeness (QED) is 0.863. The Morgan fingerprint density at radius 3 is 2.76 bits per heavy atom. The fourth-order valence-electron chi connectivity index (χ4n) is 2.81. The van der Waals surface area contributed by atoms with Gasteiger partial charge in [0, 0.05) is 6.04 Å². The lowest BCUT2D eigenvalue weighted by Gasteiger charge is -2.23. The zero-order valence-corrected chi connectivity index (χ0v) is 10.9. The van der Waals surface area contributed by atoms with Crippen LogP contribution in [0.4, 0.5) is 4.39 Å². The van der Waals surface area contributed by atoms with Crippen LogP contribution in [0.1, 0.15) is 31.2 Å². The van der Waals surface area contributed by atoms with Crippen molar-refractivity contribution in [2.45, 2.75) is 38.1 Å². The zero-order chi connectivity index (χ0) is 12.3. The summed E-state index contributed by atoms with van der Waals surface area (Å²) in [5.74, 6) is 0.422. The fourth-order valence-corrected chi connectivity index (χ4v) is 3.00. The molecule has 0 amide bonds. The summed E-state index contributed by atoms with van der Waals surface area (Å²) >= 11 is 5.80. The van der Waals surface area contributed by atoms with E-state index in [0.717, 1.165) is 12.0 Å². The van der Waals surface area contributed by atoms with E-state index >= 15 is 0 Å². The molecule has 1 aliphatic rings. The standard InChI is InChI=1S/C14H19ClFN/c1-17-13(10-5-2-3-6-10)9-11-7-4-8-12(15)14(11)16/h4,7-8,10,13,17H,2-3,5-6,9H2,1H3. The maximum atomic E-state index is 13.8. The van der Waals surface area contributed by atoms with Crippen molar-refractivity contribution < 1.29 is 4.39 Å². The van der Waals surface area contributed by atoms with Crippen molar-refractivity contribution in [3.8, 4) is 0 Å². The van der Waals surface area contributed by atoms with Gasteiger partial charge in [0.15, 0.2) is 0 Å². The van der Waals surface area contributed by atoms with Gasteiger partial charge in [0.2, 0.25) is 0 Å². The molecule has 0 bridgehead atoms. The van der Waals surface area contributed by atoms with Crippen molar-refractivity contribution in [2.75, 3.05) is 7.05 Å². The number of hydrogen-bond acceptors (Lipinski definition) is 1. The lowest BCUT2D eigenvalue weighted by Crippen LogP contribution is -2.34. The van der Waals surface area contributed by atoms with Gasteiger partial charge in [0.25, 0.3) is 0 Å². The molecule has 0 radical (unpaired) electrons. The molecule has 1 aromatic rings. The van der Waals surface area contributed by atoms with Crippen LogP contribution in [0.3, 0.4) is 0 Å². The molecular formula is C14H19ClFN. The molecule has 17 heavy (non-hydrogen) atoms. The highest BCUT2D eigenvalue weighted by atomic mass is 35.5. The zero-order valence-electron chi connectivity index (χ0n) is 10.2. The summed E-state index contributed by atoms with van der Waals surface area (Å²) < 4.78 is 13.8. The van der Waals surface area contributed by atoms with Crippen LogP contribution in [-0.4, -0.2) is 13.1 Å². The molecule has 0 aromatic heterocycles. The number of hydrogen-bond donors (Lipinski definition) is 1. The molecule has 1 aromatic carbocycles. The normalized spacial score (nSPS) is 18.5. The van der Waals surface area contributed by atoms with E-state index in [1.165, 1.54) is 25.7 Å². The fraction of sp³-hybridized carbons (Fsp3) is 0.571. The van der Waals surface area contributed by atoms with Crippen LogP contribution in [-0.2, 0) is 6.42 Å². The Kier molecular flexibility index (Phi) is 4.41. The minimum atomic E-state index is -0.257. The molecule has 0 saturated heterocycles. The second-order valence-electron chi connectivity index (χ2n) is 4.86. The first-order valence-electron chi connectivity index (χ1n) is 6.32. The van der Waals surface area contributed by atoms with E-state index in [-0.39, 0.29) is 10.8 Å². The van der Waals surface area contributed by atoms with Crippen LogP contribution in [0.25, 0.3) is 0 Å². The van der Waals surface area contributed by atoms with E-state index in [1.807, 2.05) is 19.2 Å². The van der Waals surface area contributed by atoms with Gasteiger partial charge in [0.1, 0.15) is 5.82 Å². The van der Waals surface area contributed by atoms with Crippen LogP contribution in [0.15, 0.2) is 18.2 Å². The van der Waals surface area contributed by atoms with E-state index in [1.54, 1.807) is 6.07 Å². The molecule has 1 saturated carbocycles. The molecule has 1 atom stereocenters. The van der Waals surface area contributed by atoms with E-state index in [2.05, 4.69) is 5.32 Å². The third kappa shape index (κ3) is 2.99. The molecule has 2 rings (SSSR count). The number of benzene rings is 1. The third-order valence-corrected chi connectivity index (χ3v) is 4.10. The van der Waals surface area contributed by atoms with E-state index in [9.17, 15) is 4.39 Å². The predicted octanol–water partition coefficient (Wildman–Crippen LogP) is 3.80. The average molecular weight is 256 g/mol. The number of likely N-dealkylation sites (N-methyl/N-ethyl adjacent to an activating group) is 1. The summed E-state index contributed by atoms with van der Waals surface area (Å²) in [5.41, 5.74) is 0.726. The van der Waals surface area contributed by atoms with E-state index < -0.39 is 0 Å². The summed E-state index contributed by atoms with van der Waals surface area (Å²) in [6.45, 7) is 0. The van der Waals surface area contributed by atoms with Crippen molar-refractivity contribution in [3.63, 3.8) is 0 Å². The minimum absolute atomic E-state index is 0.226. The Morgan fingerprint density at radius 2 is 2.12 bits per heavy atom. The summed E-state index contributed by atoms with van der Waals surface area (Å²) in [7, 11) is 1.96. The topological polar surface area (TPSA) is 12.0 Å². The Hall–Kier alpha value is -0.600. The average Bonchev–Trinajstić information content (AvgIpc) is 2.85. The van der Waals surface area contributed by atoms with Gasteiger partial charge in [0.05, 0.1) is 5.02 Å². The summed E-state index contributed by atoms with van der Waals surface area (Å²) in [5, 5.41) is 3.56. The summed E-state index contributed by atoms with van der Waals surface area (Å²) in [6.07, 6.45) is 5.86. The number of halogens is 2. The van der Waals surface area contributed by atoms with Gasteiger partial charge in [-0.25, -0.2) is 4.39 Å². The van der Waals surface area contributed by atoms with Crippen molar-refractivity contribution in [3.05, 3.63) is 34.6 Å². The van der Waals surface area contributed by atoms with Gasteiger partial charge in [-0.05, 0) is 43.9 Å². The molecule has 1 nitrogen and oxygen atoms in total. The molecule has 0 aliphatic heterocycles. The Balaban J connectivity index is 2.09. The minimum Gasteiger partial charge on any atom is -0.316 e. The second kappa shape index (κ2) is 5.83. The van der Waals surface area contributed by atoms with Crippen LogP contribution in [0.5, 0.6) is 0 Å². The molecule has 0 spiro atoms. The molecule has 0 heterocycles. The largest absolute Gasteiger partial charge is 0.316 e. The van der Waals surface area contributed by atoms with Crippen LogP contribution in [0, 0.1) is 11.7 Å². The lowest BCUT2D eigenvalue weighted by molar-refractivity contribution is 0.373. The SMILES string of the molecule is CNC(Cc1cccc(Cl)c1F)C1CCCC1. The molecular weight excluding hydrogens is 237 g/mol. The Bertz CT molecular complexity index is 374. The van der Waals surface area contributed by atoms with Crippen molar-refractivity contribution in [1.82, 2.24) is 5.32 Å².